The molecular formula is C18H34N4O. The molecular weight excluding hydrogens is 288 g/mol. The van der Waals surface area contributed by atoms with Gasteiger partial charge in [-0.1, -0.05) is 25.0 Å². The first-order chi connectivity index (χ1) is 11.3. The number of guanidine groups is 1. The van der Waals surface area contributed by atoms with Crippen LogP contribution in [0.2, 0.25) is 0 Å². The molecule has 5 heteroatoms. The van der Waals surface area contributed by atoms with Gasteiger partial charge in [-0.2, -0.15) is 0 Å². The summed E-state index contributed by atoms with van der Waals surface area (Å²) in [5.74, 6) is 0.919. The Bertz CT molecular complexity index is 394. The average Bonchev–Trinajstić information content (AvgIpc) is 2.61. The summed E-state index contributed by atoms with van der Waals surface area (Å²) in [4.78, 5) is 6.96. The number of ether oxygens (including phenoxy) is 1. The monoisotopic (exact) mass is 322 g/mol. The third kappa shape index (κ3) is 6.51. The Morgan fingerprint density at radius 1 is 1.35 bits per heavy atom. The fourth-order valence-electron chi connectivity index (χ4n) is 3.49. The van der Waals surface area contributed by atoms with Gasteiger partial charge in [0.15, 0.2) is 5.96 Å². The lowest BCUT2D eigenvalue weighted by Gasteiger charge is -2.35. The van der Waals surface area contributed by atoms with E-state index < -0.39 is 0 Å². The van der Waals surface area contributed by atoms with Crippen LogP contribution < -0.4 is 10.6 Å². The summed E-state index contributed by atoms with van der Waals surface area (Å²) in [5, 5.41) is 6.87. The molecule has 1 unspecified atom stereocenters. The van der Waals surface area contributed by atoms with Gasteiger partial charge < -0.3 is 15.4 Å². The molecule has 0 bridgehead atoms. The molecule has 0 spiro atoms. The molecule has 1 fully saturated rings. The first kappa shape index (κ1) is 18.3. The maximum Gasteiger partial charge on any atom is 0.191 e. The summed E-state index contributed by atoms with van der Waals surface area (Å²) >= 11 is 0. The predicted molar refractivity (Wildman–Crippen MR) is 97.0 cm³/mol. The zero-order valence-electron chi connectivity index (χ0n) is 14.9. The number of rotatable bonds is 7. The Morgan fingerprint density at radius 3 is 2.96 bits per heavy atom. The van der Waals surface area contributed by atoms with E-state index in [0.717, 1.165) is 57.7 Å². The van der Waals surface area contributed by atoms with Gasteiger partial charge in [-0.15, -0.1) is 0 Å². The molecule has 0 aliphatic carbocycles. The third-order valence-electron chi connectivity index (χ3n) is 4.93. The van der Waals surface area contributed by atoms with Crippen molar-refractivity contribution in [3.63, 3.8) is 0 Å². The molecule has 2 aliphatic heterocycles. The quantitative estimate of drug-likeness (QED) is 0.428. The van der Waals surface area contributed by atoms with Gasteiger partial charge >= 0.3 is 0 Å². The number of piperidine rings is 1. The van der Waals surface area contributed by atoms with Crippen molar-refractivity contribution in [1.29, 1.82) is 0 Å². The minimum atomic E-state index is 0.775. The zero-order chi connectivity index (χ0) is 16.3. The highest BCUT2D eigenvalue weighted by Crippen LogP contribution is 2.18. The van der Waals surface area contributed by atoms with Crippen LogP contribution in [0.25, 0.3) is 0 Å². The number of likely N-dealkylation sites (tertiary alicyclic amines) is 1. The largest absolute Gasteiger partial charge is 0.377 e. The highest BCUT2D eigenvalue weighted by molar-refractivity contribution is 5.79. The summed E-state index contributed by atoms with van der Waals surface area (Å²) in [6.45, 7) is 8.22. The van der Waals surface area contributed by atoms with Crippen LogP contribution in [0.3, 0.4) is 0 Å². The van der Waals surface area contributed by atoms with Gasteiger partial charge in [-0.25, -0.2) is 0 Å². The van der Waals surface area contributed by atoms with Crippen LogP contribution in [0.15, 0.2) is 16.6 Å². The van der Waals surface area contributed by atoms with E-state index in [1.807, 2.05) is 7.05 Å². The summed E-state index contributed by atoms with van der Waals surface area (Å²) in [6.07, 6.45) is 9.74. The van der Waals surface area contributed by atoms with Crippen LogP contribution in [0.4, 0.5) is 0 Å². The van der Waals surface area contributed by atoms with Crippen molar-refractivity contribution < 1.29 is 4.74 Å². The molecule has 23 heavy (non-hydrogen) atoms. The highest BCUT2D eigenvalue weighted by Gasteiger charge is 2.19. The van der Waals surface area contributed by atoms with E-state index in [2.05, 4.69) is 33.5 Å². The molecule has 5 nitrogen and oxygen atoms in total. The van der Waals surface area contributed by atoms with Crippen LogP contribution in [-0.2, 0) is 4.74 Å². The van der Waals surface area contributed by atoms with E-state index in [1.165, 1.54) is 37.8 Å². The molecule has 1 saturated heterocycles. The molecule has 2 heterocycles. The molecule has 2 N–H and O–H groups in total. The van der Waals surface area contributed by atoms with Crippen molar-refractivity contribution in [1.82, 2.24) is 15.5 Å². The van der Waals surface area contributed by atoms with Crippen LogP contribution in [0.1, 0.15) is 45.4 Å². The standard InChI is InChI=1S/C18H34N4O/c1-3-17-6-4-5-12-22(17)13-11-21-18(19-2)20-10-7-16-8-14-23-15-9-16/h8,17H,3-7,9-15H2,1-2H3,(H2,19,20,21). The second-order valence-corrected chi connectivity index (χ2v) is 6.46. The van der Waals surface area contributed by atoms with Crippen molar-refractivity contribution in [3.05, 3.63) is 11.6 Å². The van der Waals surface area contributed by atoms with Crippen molar-refractivity contribution in [2.24, 2.45) is 4.99 Å². The topological polar surface area (TPSA) is 48.9 Å². The van der Waals surface area contributed by atoms with Crippen LogP contribution in [0.5, 0.6) is 0 Å². The van der Waals surface area contributed by atoms with Gasteiger partial charge in [-0.3, -0.25) is 9.89 Å². The molecule has 0 amide bonds. The minimum absolute atomic E-state index is 0.775. The SMILES string of the molecule is CCC1CCCCN1CCNC(=NC)NCCC1=CCOCC1. The Hall–Kier alpha value is -1.07. The van der Waals surface area contributed by atoms with E-state index in [0.29, 0.717) is 0 Å². The fraction of sp³-hybridized carbons (Fsp3) is 0.833. The second kappa shape index (κ2) is 10.7. The molecule has 0 aromatic carbocycles. The van der Waals surface area contributed by atoms with Crippen LogP contribution in [-0.4, -0.2) is 63.3 Å². The average molecular weight is 322 g/mol. The predicted octanol–water partition coefficient (Wildman–Crippen LogP) is 2.15. The van der Waals surface area contributed by atoms with E-state index in [1.54, 1.807) is 0 Å². The maximum atomic E-state index is 5.34. The molecule has 2 aliphatic rings. The van der Waals surface area contributed by atoms with Crippen molar-refractivity contribution in [2.75, 3.05) is 46.4 Å². The third-order valence-corrected chi connectivity index (χ3v) is 4.93. The van der Waals surface area contributed by atoms with Gasteiger partial charge in [0.05, 0.1) is 13.2 Å². The normalized spacial score (nSPS) is 23.5. The second-order valence-electron chi connectivity index (χ2n) is 6.46. The number of hydrogen-bond acceptors (Lipinski definition) is 3. The smallest absolute Gasteiger partial charge is 0.191 e. The first-order valence-corrected chi connectivity index (χ1v) is 9.27. The van der Waals surface area contributed by atoms with Crippen molar-refractivity contribution >= 4 is 5.96 Å². The Morgan fingerprint density at radius 2 is 2.22 bits per heavy atom. The first-order valence-electron chi connectivity index (χ1n) is 9.27. The Kier molecular flexibility index (Phi) is 8.47. The van der Waals surface area contributed by atoms with Gasteiger partial charge in [0.1, 0.15) is 0 Å². The number of nitrogens with one attached hydrogen (secondary N) is 2. The lowest BCUT2D eigenvalue weighted by Crippen LogP contribution is -2.46. The van der Waals surface area contributed by atoms with Crippen LogP contribution in [0, 0.1) is 0 Å². The highest BCUT2D eigenvalue weighted by atomic mass is 16.5. The van der Waals surface area contributed by atoms with Gasteiger partial charge in [0, 0.05) is 32.7 Å². The van der Waals surface area contributed by atoms with Crippen molar-refractivity contribution in [2.45, 2.75) is 51.5 Å². The molecule has 2 rings (SSSR count). The molecule has 0 aromatic rings. The minimum Gasteiger partial charge on any atom is -0.377 e. The van der Waals surface area contributed by atoms with Crippen molar-refractivity contribution in [3.8, 4) is 0 Å². The van der Waals surface area contributed by atoms with E-state index >= 15 is 0 Å². The number of aliphatic imine (C=N–C) groups is 1. The Balaban J connectivity index is 1.61. The van der Waals surface area contributed by atoms with E-state index in [4.69, 9.17) is 4.74 Å². The molecule has 132 valence electrons. The molecule has 0 saturated carbocycles. The van der Waals surface area contributed by atoms with Crippen LogP contribution >= 0.6 is 0 Å². The van der Waals surface area contributed by atoms with E-state index in [9.17, 15) is 0 Å². The Labute approximate surface area is 141 Å². The lowest BCUT2D eigenvalue weighted by molar-refractivity contribution is 0.147. The summed E-state index contributed by atoms with van der Waals surface area (Å²) in [5.41, 5.74) is 1.50. The lowest BCUT2D eigenvalue weighted by atomic mass is 10.0. The summed E-state index contributed by atoms with van der Waals surface area (Å²) < 4.78 is 5.34. The zero-order valence-corrected chi connectivity index (χ0v) is 14.9. The van der Waals surface area contributed by atoms with Gasteiger partial charge in [0.25, 0.3) is 0 Å². The van der Waals surface area contributed by atoms with E-state index in [-0.39, 0.29) is 0 Å². The number of hydrogen-bond donors (Lipinski definition) is 2. The molecule has 0 radical (unpaired) electrons. The number of nitrogens with zero attached hydrogens (tertiary/aromatic N) is 2. The fourth-order valence-corrected chi connectivity index (χ4v) is 3.49. The maximum absolute atomic E-state index is 5.34. The summed E-state index contributed by atoms with van der Waals surface area (Å²) in [6, 6.07) is 0.779. The van der Waals surface area contributed by atoms with Gasteiger partial charge in [-0.05, 0) is 38.6 Å². The van der Waals surface area contributed by atoms with Gasteiger partial charge in [0.2, 0.25) is 0 Å². The molecule has 0 aromatic heterocycles. The summed E-state index contributed by atoms with van der Waals surface area (Å²) in [7, 11) is 1.85. The molecule has 1 atom stereocenters.